The van der Waals surface area contributed by atoms with E-state index < -0.39 is 10.0 Å². The number of methoxy groups -OCH3 is 2. The van der Waals surface area contributed by atoms with E-state index in [2.05, 4.69) is 4.90 Å². The van der Waals surface area contributed by atoms with Gasteiger partial charge in [0.15, 0.2) is 11.5 Å². The molecule has 0 atom stereocenters. The predicted octanol–water partition coefficient (Wildman–Crippen LogP) is 4.21. The smallest absolute Gasteiger partial charge is 0.264 e. The number of carbonyl (C=O) groups excluding carboxylic acids is 1. The minimum atomic E-state index is -4.09. The molecule has 0 spiro atoms. The molecule has 8 nitrogen and oxygen atoms in total. The first kappa shape index (κ1) is 26.6. The maximum atomic E-state index is 13.8. The zero-order valence-corrected chi connectivity index (χ0v) is 22.6. The highest BCUT2D eigenvalue weighted by atomic mass is 35.5. The lowest BCUT2D eigenvalue weighted by molar-refractivity contribution is -0.129. The molecule has 4 rings (SSSR count). The van der Waals surface area contributed by atoms with Gasteiger partial charge in [-0.15, -0.1) is 0 Å². The molecule has 0 unspecified atom stereocenters. The zero-order valence-electron chi connectivity index (χ0n) is 21.1. The van der Waals surface area contributed by atoms with Gasteiger partial charge in [0, 0.05) is 43.0 Å². The molecule has 1 amide bonds. The Balaban J connectivity index is 1.57. The van der Waals surface area contributed by atoms with Gasteiger partial charge in [0.2, 0.25) is 5.91 Å². The van der Waals surface area contributed by atoms with Crippen LogP contribution in [0.2, 0.25) is 5.02 Å². The Morgan fingerprint density at radius 2 is 1.59 bits per heavy atom. The van der Waals surface area contributed by atoms with E-state index in [1.807, 2.05) is 43.3 Å². The topological polar surface area (TPSA) is 79.4 Å². The molecule has 0 saturated carbocycles. The van der Waals surface area contributed by atoms with E-state index in [1.165, 1.54) is 32.4 Å². The largest absolute Gasteiger partial charge is 0.493 e. The molecule has 0 radical (unpaired) electrons. The highest BCUT2D eigenvalue weighted by Gasteiger charge is 2.31. The first-order valence-corrected chi connectivity index (χ1v) is 13.6. The molecule has 1 aliphatic heterocycles. The van der Waals surface area contributed by atoms with Crippen molar-refractivity contribution in [1.82, 2.24) is 4.90 Å². The fraction of sp³-hybridized carbons (Fsp3) is 0.296. The van der Waals surface area contributed by atoms with Gasteiger partial charge in [-0.1, -0.05) is 35.4 Å². The van der Waals surface area contributed by atoms with Crippen molar-refractivity contribution in [3.63, 3.8) is 0 Å². The third-order valence-electron chi connectivity index (χ3n) is 6.35. The van der Waals surface area contributed by atoms with Crippen molar-refractivity contribution in [1.29, 1.82) is 0 Å². The summed E-state index contributed by atoms with van der Waals surface area (Å²) in [6, 6.07) is 19.0. The lowest BCUT2D eigenvalue weighted by Gasteiger charge is -2.37. The Morgan fingerprint density at radius 1 is 0.919 bits per heavy atom. The first-order valence-electron chi connectivity index (χ1n) is 11.8. The maximum absolute atomic E-state index is 13.8. The van der Waals surface area contributed by atoms with E-state index in [9.17, 15) is 13.2 Å². The van der Waals surface area contributed by atoms with Crippen molar-refractivity contribution in [2.45, 2.75) is 11.8 Å². The fourth-order valence-corrected chi connectivity index (χ4v) is 5.85. The molecule has 0 bridgehead atoms. The Morgan fingerprint density at radius 3 is 2.22 bits per heavy atom. The number of nitrogens with zero attached hydrogens (tertiary/aromatic N) is 3. The molecule has 3 aromatic rings. The van der Waals surface area contributed by atoms with Gasteiger partial charge in [-0.2, -0.15) is 0 Å². The predicted molar refractivity (Wildman–Crippen MR) is 146 cm³/mol. The van der Waals surface area contributed by atoms with E-state index >= 15 is 0 Å². The van der Waals surface area contributed by atoms with Crippen molar-refractivity contribution in [3.05, 3.63) is 77.3 Å². The van der Waals surface area contributed by atoms with Crippen LogP contribution in [0.4, 0.5) is 11.4 Å². The van der Waals surface area contributed by atoms with Crippen molar-refractivity contribution in [2.75, 3.05) is 56.1 Å². The van der Waals surface area contributed by atoms with Gasteiger partial charge in [-0.05, 0) is 49.4 Å². The summed E-state index contributed by atoms with van der Waals surface area (Å²) in [6.07, 6.45) is 0. The number of aryl methyl sites for hydroxylation is 1. The second-order valence-electron chi connectivity index (χ2n) is 8.71. The molecule has 37 heavy (non-hydrogen) atoms. The van der Waals surface area contributed by atoms with Crippen LogP contribution in [0.3, 0.4) is 0 Å². The van der Waals surface area contributed by atoms with E-state index in [1.54, 1.807) is 17.0 Å². The van der Waals surface area contributed by atoms with Gasteiger partial charge in [-0.3, -0.25) is 9.10 Å². The summed E-state index contributed by atoms with van der Waals surface area (Å²) in [5.41, 5.74) is 2.39. The number of sulfonamides is 1. The van der Waals surface area contributed by atoms with Crippen LogP contribution in [0.1, 0.15) is 5.56 Å². The monoisotopic (exact) mass is 543 g/mol. The number of anilines is 2. The highest BCUT2D eigenvalue weighted by molar-refractivity contribution is 7.92. The minimum Gasteiger partial charge on any atom is -0.493 e. The van der Waals surface area contributed by atoms with Crippen LogP contribution in [0.25, 0.3) is 0 Å². The molecular weight excluding hydrogens is 514 g/mol. The lowest BCUT2D eigenvalue weighted by Crippen LogP contribution is -2.52. The fourth-order valence-electron chi connectivity index (χ4n) is 4.24. The molecule has 3 aromatic carbocycles. The second-order valence-corrected chi connectivity index (χ2v) is 11.0. The lowest BCUT2D eigenvalue weighted by atomic mass is 10.2. The van der Waals surface area contributed by atoms with Gasteiger partial charge in [-0.25, -0.2) is 8.42 Å². The number of rotatable bonds is 8. The zero-order chi connectivity index (χ0) is 26.6. The molecule has 10 heteroatoms. The maximum Gasteiger partial charge on any atom is 0.264 e. The van der Waals surface area contributed by atoms with E-state index in [4.69, 9.17) is 21.1 Å². The Hall–Kier alpha value is -3.43. The van der Waals surface area contributed by atoms with E-state index in [0.29, 0.717) is 42.6 Å². The summed E-state index contributed by atoms with van der Waals surface area (Å²) in [7, 11) is -1.17. The summed E-state index contributed by atoms with van der Waals surface area (Å²) in [4.78, 5) is 17.2. The molecular formula is C27H30ClN3O5S. The number of hydrogen-bond acceptors (Lipinski definition) is 6. The van der Waals surface area contributed by atoms with Crippen LogP contribution in [0, 0.1) is 6.92 Å². The normalized spacial score (nSPS) is 13.8. The average molecular weight is 544 g/mol. The molecule has 0 N–H and O–H groups in total. The van der Waals surface area contributed by atoms with Gasteiger partial charge in [0.1, 0.15) is 6.54 Å². The van der Waals surface area contributed by atoms with E-state index in [0.717, 1.165) is 15.6 Å². The summed E-state index contributed by atoms with van der Waals surface area (Å²) < 4.78 is 39.3. The number of piperazine rings is 1. The third-order valence-corrected chi connectivity index (χ3v) is 8.35. The molecule has 1 saturated heterocycles. The number of amides is 1. The van der Waals surface area contributed by atoms with Gasteiger partial charge < -0.3 is 19.3 Å². The van der Waals surface area contributed by atoms with Crippen molar-refractivity contribution < 1.29 is 22.7 Å². The van der Waals surface area contributed by atoms with Crippen LogP contribution < -0.4 is 18.7 Å². The van der Waals surface area contributed by atoms with Crippen molar-refractivity contribution in [2.24, 2.45) is 0 Å². The molecule has 0 aromatic heterocycles. The van der Waals surface area contributed by atoms with Crippen molar-refractivity contribution in [3.8, 4) is 11.5 Å². The average Bonchev–Trinajstić information content (AvgIpc) is 2.91. The van der Waals surface area contributed by atoms with Gasteiger partial charge in [0.05, 0.1) is 24.8 Å². The summed E-state index contributed by atoms with van der Waals surface area (Å²) in [6.45, 7) is 3.80. The summed E-state index contributed by atoms with van der Waals surface area (Å²) >= 11 is 6.13. The van der Waals surface area contributed by atoms with Crippen LogP contribution >= 0.6 is 11.6 Å². The van der Waals surface area contributed by atoms with Crippen LogP contribution in [0.5, 0.6) is 11.5 Å². The Labute approximate surface area is 223 Å². The Kier molecular flexibility index (Phi) is 8.14. The first-order chi connectivity index (χ1) is 17.7. The molecule has 1 heterocycles. The van der Waals surface area contributed by atoms with E-state index in [-0.39, 0.29) is 23.1 Å². The number of halogens is 1. The molecule has 0 aliphatic carbocycles. The highest BCUT2D eigenvalue weighted by Crippen LogP contribution is 2.32. The van der Waals surface area contributed by atoms with Crippen LogP contribution in [-0.4, -0.2) is 66.2 Å². The summed E-state index contributed by atoms with van der Waals surface area (Å²) in [5, 5.41) is 0.658. The molecule has 1 aliphatic rings. The van der Waals surface area contributed by atoms with Gasteiger partial charge in [0.25, 0.3) is 10.0 Å². The van der Waals surface area contributed by atoms with Crippen LogP contribution in [0.15, 0.2) is 71.6 Å². The quantitative estimate of drug-likeness (QED) is 0.423. The van der Waals surface area contributed by atoms with Crippen LogP contribution in [-0.2, 0) is 14.8 Å². The summed E-state index contributed by atoms with van der Waals surface area (Å²) in [5.74, 6) is 0.434. The Bertz CT molecular complexity index is 1360. The standard InChI is InChI=1S/C27H30ClN3O5S/c1-20-7-9-22(10-8-20)31(37(33,34)24-11-12-25(35-2)26(18-24)36-3)19-27(32)30-15-13-29(14-16-30)23-6-4-5-21(28)17-23/h4-12,17-18H,13-16,19H2,1-3H3. The number of carbonyl (C=O) groups is 1. The SMILES string of the molecule is COc1ccc(S(=O)(=O)N(CC(=O)N2CCN(c3cccc(Cl)c3)CC2)c2ccc(C)cc2)cc1OC. The van der Waals surface area contributed by atoms with Gasteiger partial charge >= 0.3 is 0 Å². The third kappa shape index (κ3) is 5.94. The molecule has 196 valence electrons. The second kappa shape index (κ2) is 11.3. The van der Waals surface area contributed by atoms with Crippen molar-refractivity contribution >= 4 is 38.9 Å². The number of benzene rings is 3. The number of hydrogen-bond donors (Lipinski definition) is 0. The molecule has 1 fully saturated rings. The number of ether oxygens (including phenoxy) is 2. The minimum absolute atomic E-state index is 0.00398.